The summed E-state index contributed by atoms with van der Waals surface area (Å²) in [6, 6.07) is 13.6. The summed E-state index contributed by atoms with van der Waals surface area (Å²) < 4.78 is 27.2. The molecule has 0 aliphatic rings. The SMILES string of the molecule is N#Cc1c(-c2ccc(CO)cc2)cc(-c2ccc(F)cc2F)nc1N. The summed E-state index contributed by atoms with van der Waals surface area (Å²) in [5, 5.41) is 18.5. The molecule has 0 atom stereocenters. The number of anilines is 1. The van der Waals surface area contributed by atoms with E-state index < -0.39 is 11.6 Å². The van der Waals surface area contributed by atoms with E-state index in [1.54, 1.807) is 30.3 Å². The van der Waals surface area contributed by atoms with Crippen molar-refractivity contribution in [2.24, 2.45) is 0 Å². The maximum Gasteiger partial charge on any atom is 0.142 e. The molecule has 0 fully saturated rings. The molecule has 124 valence electrons. The van der Waals surface area contributed by atoms with Crippen LogP contribution in [0, 0.1) is 23.0 Å². The van der Waals surface area contributed by atoms with Gasteiger partial charge in [-0.05, 0) is 29.3 Å². The summed E-state index contributed by atoms with van der Waals surface area (Å²) in [7, 11) is 0. The quantitative estimate of drug-likeness (QED) is 0.764. The average Bonchev–Trinajstić information content (AvgIpc) is 2.61. The number of aromatic nitrogens is 1. The van der Waals surface area contributed by atoms with Crippen LogP contribution in [0.3, 0.4) is 0 Å². The number of benzene rings is 2. The van der Waals surface area contributed by atoms with Gasteiger partial charge in [0.15, 0.2) is 0 Å². The second-order valence-corrected chi connectivity index (χ2v) is 5.41. The number of pyridine rings is 1. The molecule has 3 rings (SSSR count). The molecule has 0 saturated carbocycles. The summed E-state index contributed by atoms with van der Waals surface area (Å²) in [5.41, 5.74) is 8.21. The molecule has 0 saturated heterocycles. The first kappa shape index (κ1) is 16.6. The summed E-state index contributed by atoms with van der Waals surface area (Å²) in [4.78, 5) is 4.08. The lowest BCUT2D eigenvalue weighted by Gasteiger charge is -2.11. The zero-order chi connectivity index (χ0) is 18.0. The molecule has 6 heteroatoms. The molecule has 1 aromatic heterocycles. The number of halogens is 2. The zero-order valence-electron chi connectivity index (χ0n) is 13.0. The summed E-state index contributed by atoms with van der Waals surface area (Å²) in [6.07, 6.45) is 0. The van der Waals surface area contributed by atoms with Crippen molar-refractivity contribution in [3.8, 4) is 28.5 Å². The van der Waals surface area contributed by atoms with Gasteiger partial charge in [-0.25, -0.2) is 13.8 Å². The molecule has 0 aliphatic heterocycles. The van der Waals surface area contributed by atoms with E-state index in [1.165, 1.54) is 6.07 Å². The fourth-order valence-corrected chi connectivity index (χ4v) is 2.53. The van der Waals surface area contributed by atoms with Crippen LogP contribution < -0.4 is 5.73 Å². The third-order valence-corrected chi connectivity index (χ3v) is 3.81. The number of aliphatic hydroxyl groups excluding tert-OH is 1. The second-order valence-electron chi connectivity index (χ2n) is 5.41. The summed E-state index contributed by atoms with van der Waals surface area (Å²) in [6.45, 7) is -0.101. The average molecular weight is 337 g/mol. The molecular formula is C19H13F2N3O. The highest BCUT2D eigenvalue weighted by Crippen LogP contribution is 2.32. The Morgan fingerprint density at radius 2 is 1.76 bits per heavy atom. The van der Waals surface area contributed by atoms with Crippen LogP contribution in [0.2, 0.25) is 0 Å². The van der Waals surface area contributed by atoms with Crippen molar-refractivity contribution in [1.82, 2.24) is 4.98 Å². The zero-order valence-corrected chi connectivity index (χ0v) is 13.0. The van der Waals surface area contributed by atoms with E-state index >= 15 is 0 Å². The Hall–Kier alpha value is -3.30. The fourth-order valence-electron chi connectivity index (χ4n) is 2.53. The smallest absolute Gasteiger partial charge is 0.142 e. The highest BCUT2D eigenvalue weighted by atomic mass is 19.1. The predicted octanol–water partition coefficient (Wildman–Crippen LogP) is 3.64. The Morgan fingerprint density at radius 3 is 2.36 bits per heavy atom. The number of nitrogens with two attached hydrogens (primary N) is 1. The minimum atomic E-state index is -0.766. The van der Waals surface area contributed by atoms with Crippen molar-refractivity contribution in [3.63, 3.8) is 0 Å². The van der Waals surface area contributed by atoms with E-state index in [0.717, 1.165) is 12.1 Å². The van der Waals surface area contributed by atoms with Crippen LogP contribution in [0.1, 0.15) is 11.1 Å². The molecular weight excluding hydrogens is 324 g/mol. The van der Waals surface area contributed by atoms with Crippen molar-refractivity contribution in [3.05, 3.63) is 71.3 Å². The lowest BCUT2D eigenvalue weighted by atomic mass is 9.97. The van der Waals surface area contributed by atoms with Crippen LogP contribution in [0.15, 0.2) is 48.5 Å². The minimum Gasteiger partial charge on any atom is -0.392 e. The minimum absolute atomic E-state index is 0.0371. The summed E-state index contributed by atoms with van der Waals surface area (Å²) in [5.74, 6) is -1.49. The molecule has 0 unspecified atom stereocenters. The van der Waals surface area contributed by atoms with Crippen molar-refractivity contribution < 1.29 is 13.9 Å². The van der Waals surface area contributed by atoms with Gasteiger partial charge in [0.2, 0.25) is 0 Å². The van der Waals surface area contributed by atoms with Crippen LogP contribution in [0.5, 0.6) is 0 Å². The molecule has 25 heavy (non-hydrogen) atoms. The number of rotatable bonds is 3. The highest BCUT2D eigenvalue weighted by molar-refractivity contribution is 5.80. The van der Waals surface area contributed by atoms with E-state index in [0.29, 0.717) is 16.7 Å². The maximum atomic E-state index is 14.1. The Bertz CT molecular complexity index is 979. The Labute approximate surface area is 142 Å². The number of aliphatic hydroxyl groups is 1. The lowest BCUT2D eigenvalue weighted by Crippen LogP contribution is -2.01. The van der Waals surface area contributed by atoms with Gasteiger partial charge < -0.3 is 10.8 Å². The molecule has 4 nitrogen and oxygen atoms in total. The molecule has 0 amide bonds. The van der Waals surface area contributed by atoms with Gasteiger partial charge in [-0.3, -0.25) is 0 Å². The Morgan fingerprint density at radius 1 is 1.04 bits per heavy atom. The van der Waals surface area contributed by atoms with Crippen molar-refractivity contribution >= 4 is 5.82 Å². The van der Waals surface area contributed by atoms with Gasteiger partial charge in [-0.15, -0.1) is 0 Å². The van der Waals surface area contributed by atoms with E-state index in [9.17, 15) is 14.0 Å². The Balaban J connectivity index is 2.20. The largest absolute Gasteiger partial charge is 0.392 e. The van der Waals surface area contributed by atoms with E-state index in [2.05, 4.69) is 4.98 Å². The maximum absolute atomic E-state index is 14.1. The molecule has 0 radical (unpaired) electrons. The number of nitrogen functional groups attached to an aromatic ring is 1. The monoisotopic (exact) mass is 337 g/mol. The lowest BCUT2D eigenvalue weighted by molar-refractivity contribution is 0.282. The first-order valence-electron chi connectivity index (χ1n) is 7.39. The van der Waals surface area contributed by atoms with Gasteiger partial charge in [0, 0.05) is 17.2 Å². The van der Waals surface area contributed by atoms with Crippen LogP contribution in [-0.4, -0.2) is 10.1 Å². The van der Waals surface area contributed by atoms with Crippen molar-refractivity contribution in [2.45, 2.75) is 6.61 Å². The number of hydrogen-bond donors (Lipinski definition) is 2. The molecule has 0 aliphatic carbocycles. The molecule has 0 bridgehead atoms. The number of hydrogen-bond acceptors (Lipinski definition) is 4. The predicted molar refractivity (Wildman–Crippen MR) is 90.1 cm³/mol. The van der Waals surface area contributed by atoms with Gasteiger partial charge in [-0.2, -0.15) is 5.26 Å². The van der Waals surface area contributed by atoms with Gasteiger partial charge in [-0.1, -0.05) is 24.3 Å². The topological polar surface area (TPSA) is 82.9 Å². The normalized spacial score (nSPS) is 10.5. The first-order valence-corrected chi connectivity index (χ1v) is 7.39. The number of nitriles is 1. The van der Waals surface area contributed by atoms with Crippen LogP contribution in [-0.2, 0) is 6.61 Å². The standard InChI is InChI=1S/C19H13F2N3O/c20-13-5-6-14(17(21)7-13)18-8-15(16(9-22)19(23)24-18)12-3-1-11(10-25)2-4-12/h1-8,25H,10H2,(H2,23,24). The van der Waals surface area contributed by atoms with E-state index in [-0.39, 0.29) is 29.2 Å². The van der Waals surface area contributed by atoms with Crippen molar-refractivity contribution in [2.75, 3.05) is 5.73 Å². The van der Waals surface area contributed by atoms with Gasteiger partial charge >= 0.3 is 0 Å². The van der Waals surface area contributed by atoms with Crippen LogP contribution in [0.25, 0.3) is 22.4 Å². The van der Waals surface area contributed by atoms with Crippen LogP contribution in [0.4, 0.5) is 14.6 Å². The first-order chi connectivity index (χ1) is 12.0. The molecule has 2 aromatic carbocycles. The Kier molecular flexibility index (Phi) is 4.42. The molecule has 3 aromatic rings. The molecule has 1 heterocycles. The third kappa shape index (κ3) is 3.18. The third-order valence-electron chi connectivity index (χ3n) is 3.81. The fraction of sp³-hybridized carbons (Fsp3) is 0.0526. The molecule has 3 N–H and O–H groups in total. The van der Waals surface area contributed by atoms with Crippen LogP contribution >= 0.6 is 0 Å². The number of nitrogens with zero attached hydrogens (tertiary/aromatic N) is 2. The van der Waals surface area contributed by atoms with E-state index in [4.69, 9.17) is 10.8 Å². The van der Waals surface area contributed by atoms with Gasteiger partial charge in [0.1, 0.15) is 29.1 Å². The van der Waals surface area contributed by atoms with Gasteiger partial charge in [0.05, 0.1) is 12.3 Å². The second kappa shape index (κ2) is 6.67. The van der Waals surface area contributed by atoms with Gasteiger partial charge in [0.25, 0.3) is 0 Å². The van der Waals surface area contributed by atoms with E-state index in [1.807, 2.05) is 6.07 Å². The molecule has 0 spiro atoms. The highest BCUT2D eigenvalue weighted by Gasteiger charge is 2.15. The van der Waals surface area contributed by atoms with Crippen molar-refractivity contribution in [1.29, 1.82) is 5.26 Å². The summed E-state index contributed by atoms with van der Waals surface area (Å²) >= 11 is 0.